The van der Waals surface area contributed by atoms with Crippen LogP contribution in [0.4, 0.5) is 15.8 Å². The van der Waals surface area contributed by atoms with Gasteiger partial charge in [0.2, 0.25) is 5.91 Å². The maximum atomic E-state index is 13.2. The molecule has 2 aromatic carbocycles. The van der Waals surface area contributed by atoms with Crippen molar-refractivity contribution < 1.29 is 9.18 Å². The molecule has 0 atom stereocenters. The minimum atomic E-state index is -0.494. The first kappa shape index (κ1) is 17.7. The predicted molar refractivity (Wildman–Crippen MR) is 99.9 cm³/mol. The average molecular weight is 362 g/mol. The molecule has 6 heteroatoms. The number of amides is 1. The standard InChI is InChI=1S/C19H21ClFN3O/c1-14-4-2-3-5-18(14)24-10-8-23(9-11-24)13-19(25)22-15-6-7-17(21)16(20)12-15/h2-7,12H,8-11,13H2,1H3,(H,22,25). The molecule has 1 amide bonds. The van der Waals surface area contributed by atoms with E-state index in [1.165, 1.54) is 29.4 Å². The lowest BCUT2D eigenvalue weighted by Gasteiger charge is -2.36. The Hall–Kier alpha value is -2.11. The van der Waals surface area contributed by atoms with Crippen LogP contribution in [0.1, 0.15) is 5.56 Å². The number of halogens is 2. The van der Waals surface area contributed by atoms with Gasteiger partial charge in [-0.1, -0.05) is 29.8 Å². The van der Waals surface area contributed by atoms with Gasteiger partial charge in [-0.3, -0.25) is 9.69 Å². The number of aryl methyl sites for hydroxylation is 1. The zero-order valence-corrected chi connectivity index (χ0v) is 14.9. The van der Waals surface area contributed by atoms with E-state index >= 15 is 0 Å². The summed E-state index contributed by atoms with van der Waals surface area (Å²) in [4.78, 5) is 16.7. The predicted octanol–water partition coefficient (Wildman–Crippen LogP) is 3.55. The van der Waals surface area contributed by atoms with E-state index in [0.29, 0.717) is 12.2 Å². The van der Waals surface area contributed by atoms with E-state index in [4.69, 9.17) is 11.6 Å². The Morgan fingerprint density at radius 3 is 2.56 bits per heavy atom. The van der Waals surface area contributed by atoms with Gasteiger partial charge in [-0.05, 0) is 36.8 Å². The second kappa shape index (κ2) is 7.85. The van der Waals surface area contributed by atoms with E-state index in [0.717, 1.165) is 26.2 Å². The maximum Gasteiger partial charge on any atom is 0.238 e. The molecule has 0 aliphatic carbocycles. The Balaban J connectivity index is 1.51. The number of para-hydroxylation sites is 1. The summed E-state index contributed by atoms with van der Waals surface area (Å²) in [6, 6.07) is 12.5. The molecule has 0 unspecified atom stereocenters. The molecule has 0 aromatic heterocycles. The molecule has 1 fully saturated rings. The second-order valence-electron chi connectivity index (χ2n) is 6.23. The van der Waals surface area contributed by atoms with Crippen molar-refractivity contribution in [3.8, 4) is 0 Å². The molecule has 132 valence electrons. The Morgan fingerprint density at radius 2 is 1.88 bits per heavy atom. The highest BCUT2D eigenvalue weighted by Gasteiger charge is 2.20. The van der Waals surface area contributed by atoms with Crippen molar-refractivity contribution in [2.24, 2.45) is 0 Å². The van der Waals surface area contributed by atoms with Crippen LogP contribution in [-0.2, 0) is 4.79 Å². The third-order valence-corrected chi connectivity index (χ3v) is 4.69. The fraction of sp³-hybridized carbons (Fsp3) is 0.316. The molecule has 3 rings (SSSR count). The minimum Gasteiger partial charge on any atom is -0.369 e. The first-order valence-corrected chi connectivity index (χ1v) is 8.68. The minimum absolute atomic E-state index is 0.00430. The van der Waals surface area contributed by atoms with E-state index in [1.807, 2.05) is 6.07 Å². The molecular weight excluding hydrogens is 341 g/mol. The van der Waals surface area contributed by atoms with Crippen LogP contribution >= 0.6 is 11.6 Å². The van der Waals surface area contributed by atoms with E-state index in [2.05, 4.69) is 40.2 Å². The van der Waals surface area contributed by atoms with Gasteiger partial charge in [0, 0.05) is 37.6 Å². The number of carbonyl (C=O) groups excluding carboxylic acids is 1. The number of carbonyl (C=O) groups is 1. The van der Waals surface area contributed by atoms with Crippen molar-refractivity contribution in [3.05, 3.63) is 58.9 Å². The first-order chi connectivity index (χ1) is 12.0. The van der Waals surface area contributed by atoms with Gasteiger partial charge in [-0.25, -0.2) is 4.39 Å². The van der Waals surface area contributed by atoms with E-state index in [9.17, 15) is 9.18 Å². The van der Waals surface area contributed by atoms with Crippen molar-refractivity contribution in [1.29, 1.82) is 0 Å². The van der Waals surface area contributed by atoms with Gasteiger partial charge in [-0.15, -0.1) is 0 Å². The van der Waals surface area contributed by atoms with Crippen molar-refractivity contribution in [3.63, 3.8) is 0 Å². The van der Waals surface area contributed by atoms with Gasteiger partial charge in [0.15, 0.2) is 0 Å². The summed E-state index contributed by atoms with van der Waals surface area (Å²) in [5.74, 6) is -0.612. The fourth-order valence-electron chi connectivity index (χ4n) is 3.04. The van der Waals surface area contributed by atoms with E-state index in [1.54, 1.807) is 0 Å². The molecule has 2 aromatic rings. The van der Waals surface area contributed by atoms with Gasteiger partial charge in [0.25, 0.3) is 0 Å². The topological polar surface area (TPSA) is 35.6 Å². The normalized spacial score (nSPS) is 15.2. The number of rotatable bonds is 4. The van der Waals surface area contributed by atoms with Crippen LogP contribution in [0.15, 0.2) is 42.5 Å². The number of benzene rings is 2. The average Bonchev–Trinajstić information content (AvgIpc) is 2.59. The van der Waals surface area contributed by atoms with Crippen molar-refractivity contribution in [2.45, 2.75) is 6.92 Å². The van der Waals surface area contributed by atoms with Crippen LogP contribution in [-0.4, -0.2) is 43.5 Å². The lowest BCUT2D eigenvalue weighted by atomic mass is 10.1. The number of nitrogens with zero attached hydrogens (tertiary/aromatic N) is 2. The molecule has 1 heterocycles. The Bertz CT molecular complexity index is 760. The molecule has 1 N–H and O–H groups in total. The summed E-state index contributed by atoms with van der Waals surface area (Å²) in [6.07, 6.45) is 0. The summed E-state index contributed by atoms with van der Waals surface area (Å²) in [5, 5.41) is 2.77. The van der Waals surface area contributed by atoms with Gasteiger partial charge < -0.3 is 10.2 Å². The summed E-state index contributed by atoms with van der Waals surface area (Å²) in [7, 11) is 0. The lowest BCUT2D eigenvalue weighted by molar-refractivity contribution is -0.117. The van der Waals surface area contributed by atoms with Gasteiger partial charge >= 0.3 is 0 Å². The van der Waals surface area contributed by atoms with Crippen LogP contribution < -0.4 is 10.2 Å². The highest BCUT2D eigenvalue weighted by atomic mass is 35.5. The van der Waals surface area contributed by atoms with E-state index in [-0.39, 0.29) is 10.9 Å². The molecular formula is C19H21ClFN3O. The van der Waals surface area contributed by atoms with Crippen LogP contribution in [0.3, 0.4) is 0 Å². The number of hydrogen-bond donors (Lipinski definition) is 1. The van der Waals surface area contributed by atoms with Crippen LogP contribution in [0.2, 0.25) is 5.02 Å². The lowest BCUT2D eigenvalue weighted by Crippen LogP contribution is -2.48. The van der Waals surface area contributed by atoms with Crippen molar-refractivity contribution >= 4 is 28.9 Å². The zero-order valence-electron chi connectivity index (χ0n) is 14.1. The molecule has 0 saturated carbocycles. The molecule has 4 nitrogen and oxygen atoms in total. The van der Waals surface area contributed by atoms with Crippen molar-refractivity contribution in [2.75, 3.05) is 42.9 Å². The molecule has 1 saturated heterocycles. The monoisotopic (exact) mass is 361 g/mol. The third kappa shape index (κ3) is 4.50. The number of nitrogens with one attached hydrogen (secondary N) is 1. The second-order valence-corrected chi connectivity index (χ2v) is 6.63. The molecule has 1 aliphatic heterocycles. The Morgan fingerprint density at radius 1 is 1.16 bits per heavy atom. The molecule has 0 spiro atoms. The molecule has 0 radical (unpaired) electrons. The Labute approximate surface area is 152 Å². The highest BCUT2D eigenvalue weighted by Crippen LogP contribution is 2.21. The third-order valence-electron chi connectivity index (χ3n) is 4.40. The SMILES string of the molecule is Cc1ccccc1N1CCN(CC(=O)Nc2ccc(F)c(Cl)c2)CC1. The van der Waals surface area contributed by atoms with Gasteiger partial charge in [-0.2, -0.15) is 0 Å². The van der Waals surface area contributed by atoms with Gasteiger partial charge in [0.05, 0.1) is 11.6 Å². The number of piperazine rings is 1. The molecule has 25 heavy (non-hydrogen) atoms. The quantitative estimate of drug-likeness (QED) is 0.904. The van der Waals surface area contributed by atoms with Crippen LogP contribution in [0.25, 0.3) is 0 Å². The molecule has 0 bridgehead atoms. The summed E-state index contributed by atoms with van der Waals surface area (Å²) in [5.41, 5.74) is 3.03. The van der Waals surface area contributed by atoms with Crippen LogP contribution in [0, 0.1) is 12.7 Å². The Kier molecular flexibility index (Phi) is 5.56. The van der Waals surface area contributed by atoms with Gasteiger partial charge in [0.1, 0.15) is 5.82 Å². The smallest absolute Gasteiger partial charge is 0.238 e. The maximum absolute atomic E-state index is 13.2. The number of anilines is 2. The van der Waals surface area contributed by atoms with E-state index < -0.39 is 5.82 Å². The zero-order chi connectivity index (χ0) is 17.8. The highest BCUT2D eigenvalue weighted by molar-refractivity contribution is 6.31. The van der Waals surface area contributed by atoms with Crippen LogP contribution in [0.5, 0.6) is 0 Å². The number of hydrogen-bond acceptors (Lipinski definition) is 3. The summed E-state index contributed by atoms with van der Waals surface area (Å²) >= 11 is 5.73. The fourth-order valence-corrected chi connectivity index (χ4v) is 3.22. The molecule has 1 aliphatic rings. The van der Waals surface area contributed by atoms with Crippen molar-refractivity contribution in [1.82, 2.24) is 4.90 Å². The first-order valence-electron chi connectivity index (χ1n) is 8.31. The largest absolute Gasteiger partial charge is 0.369 e. The summed E-state index contributed by atoms with van der Waals surface area (Å²) in [6.45, 7) is 5.86. The summed E-state index contributed by atoms with van der Waals surface area (Å²) < 4.78 is 13.2.